The average Bonchev–Trinajstić information content (AvgIpc) is 2.58. The largest absolute Gasteiger partial charge is 0.331 e. The van der Waals surface area contributed by atoms with Crippen molar-refractivity contribution in [1.29, 1.82) is 0 Å². The van der Waals surface area contributed by atoms with E-state index in [0.717, 1.165) is 0 Å². The molecule has 0 fully saturated rings. The first kappa shape index (κ1) is 8.93. The first-order valence-electron chi connectivity index (χ1n) is 4.40. The van der Waals surface area contributed by atoms with Crippen LogP contribution in [0.4, 0.5) is 0 Å². The Bertz CT molecular complexity index is 416. The maximum atomic E-state index is 11.5. The van der Waals surface area contributed by atoms with E-state index >= 15 is 0 Å². The highest BCUT2D eigenvalue weighted by molar-refractivity contribution is 6.13. The quantitative estimate of drug-likeness (QED) is 0.684. The predicted octanol–water partition coefficient (Wildman–Crippen LogP) is 0.0751. The number of aryl methyl sites for hydroxylation is 1. The first-order valence-corrected chi connectivity index (χ1v) is 4.40. The molecule has 0 saturated heterocycles. The van der Waals surface area contributed by atoms with Gasteiger partial charge in [-0.1, -0.05) is 0 Å². The van der Waals surface area contributed by atoms with Gasteiger partial charge in [-0.2, -0.15) is 0 Å². The number of nitrogens with one attached hydrogen (secondary N) is 1. The van der Waals surface area contributed by atoms with E-state index in [1.165, 1.54) is 0 Å². The Labute approximate surface area is 81.9 Å². The van der Waals surface area contributed by atoms with E-state index in [-0.39, 0.29) is 5.91 Å². The van der Waals surface area contributed by atoms with E-state index in [4.69, 9.17) is 0 Å². The van der Waals surface area contributed by atoms with Gasteiger partial charge in [0.2, 0.25) is 0 Å². The van der Waals surface area contributed by atoms with Crippen LogP contribution in [0.15, 0.2) is 17.4 Å². The van der Waals surface area contributed by atoms with Crippen molar-refractivity contribution in [2.75, 3.05) is 0 Å². The fourth-order valence-corrected chi connectivity index (χ4v) is 1.32. The summed E-state index contributed by atoms with van der Waals surface area (Å²) in [6.45, 7) is 3.55. The van der Waals surface area contributed by atoms with Gasteiger partial charge in [-0.25, -0.2) is 9.98 Å². The van der Waals surface area contributed by atoms with Crippen LogP contribution < -0.4 is 5.32 Å². The Balaban J connectivity index is 2.40. The number of rotatable bonds is 1. The third-order valence-corrected chi connectivity index (χ3v) is 2.21. The van der Waals surface area contributed by atoms with Crippen molar-refractivity contribution in [2.24, 2.45) is 12.0 Å². The van der Waals surface area contributed by atoms with Gasteiger partial charge in [0.25, 0.3) is 5.91 Å². The number of nitrogens with zero attached hydrogens (tertiary/aromatic N) is 3. The topological polar surface area (TPSA) is 59.3 Å². The highest BCUT2D eigenvalue weighted by Gasteiger charge is 2.35. The molecule has 2 heterocycles. The molecule has 0 saturated carbocycles. The van der Waals surface area contributed by atoms with E-state index in [9.17, 15) is 4.79 Å². The highest BCUT2D eigenvalue weighted by Crippen LogP contribution is 2.16. The predicted molar refractivity (Wildman–Crippen MR) is 52.0 cm³/mol. The SMILES string of the molecule is Cn1ccnc1C1=NC(C)(C)C(=O)N1. The van der Waals surface area contributed by atoms with Crippen molar-refractivity contribution >= 4 is 11.7 Å². The molecule has 0 unspecified atom stereocenters. The molecular formula is C9H12N4O. The molecule has 0 atom stereocenters. The van der Waals surface area contributed by atoms with E-state index in [0.29, 0.717) is 11.7 Å². The van der Waals surface area contributed by atoms with E-state index in [2.05, 4.69) is 15.3 Å². The Kier molecular flexibility index (Phi) is 1.70. The maximum absolute atomic E-state index is 11.5. The summed E-state index contributed by atoms with van der Waals surface area (Å²) in [5, 5.41) is 2.72. The minimum atomic E-state index is -0.679. The van der Waals surface area contributed by atoms with Crippen molar-refractivity contribution < 1.29 is 4.79 Å². The second kappa shape index (κ2) is 2.67. The smallest absolute Gasteiger partial charge is 0.253 e. The van der Waals surface area contributed by atoms with Gasteiger partial charge < -0.3 is 9.88 Å². The van der Waals surface area contributed by atoms with Gasteiger partial charge in [0.05, 0.1) is 0 Å². The van der Waals surface area contributed by atoms with Gasteiger partial charge in [0, 0.05) is 19.4 Å². The summed E-state index contributed by atoms with van der Waals surface area (Å²) < 4.78 is 1.82. The monoisotopic (exact) mass is 192 g/mol. The third-order valence-electron chi connectivity index (χ3n) is 2.21. The normalized spacial score (nSPS) is 19.4. The number of hydrogen-bond donors (Lipinski definition) is 1. The summed E-state index contributed by atoms with van der Waals surface area (Å²) >= 11 is 0. The van der Waals surface area contributed by atoms with Gasteiger partial charge >= 0.3 is 0 Å². The van der Waals surface area contributed by atoms with Crippen molar-refractivity contribution in [3.8, 4) is 0 Å². The minimum Gasteiger partial charge on any atom is -0.331 e. The van der Waals surface area contributed by atoms with E-state index in [1.807, 2.05) is 17.8 Å². The second-order valence-corrected chi connectivity index (χ2v) is 3.84. The Morgan fingerprint density at radius 1 is 1.50 bits per heavy atom. The van der Waals surface area contributed by atoms with Crippen LogP contribution in [0.3, 0.4) is 0 Å². The number of aliphatic imine (C=N–C) groups is 1. The van der Waals surface area contributed by atoms with Crippen molar-refractivity contribution in [3.05, 3.63) is 18.2 Å². The van der Waals surface area contributed by atoms with Gasteiger partial charge in [0.1, 0.15) is 5.54 Å². The number of hydrogen-bond acceptors (Lipinski definition) is 3. The molecule has 0 aromatic carbocycles. The fourth-order valence-electron chi connectivity index (χ4n) is 1.32. The zero-order valence-corrected chi connectivity index (χ0v) is 8.40. The molecule has 1 aromatic rings. The van der Waals surface area contributed by atoms with Crippen LogP contribution in [0.5, 0.6) is 0 Å². The van der Waals surface area contributed by atoms with E-state index in [1.54, 1.807) is 20.0 Å². The standard InChI is InChI=1S/C9H12N4O/c1-9(2)8(14)11-6(12-9)7-10-4-5-13(7)3/h4-5H,1-3H3,(H,11,12,14). The molecule has 1 aromatic heterocycles. The van der Waals surface area contributed by atoms with Gasteiger partial charge in [-0.3, -0.25) is 4.79 Å². The summed E-state index contributed by atoms with van der Waals surface area (Å²) in [4.78, 5) is 19.8. The van der Waals surface area contributed by atoms with Crippen LogP contribution in [-0.4, -0.2) is 26.8 Å². The lowest BCUT2D eigenvalue weighted by molar-refractivity contribution is -0.122. The molecule has 74 valence electrons. The van der Waals surface area contributed by atoms with Crippen LogP contribution in [0.25, 0.3) is 0 Å². The molecule has 1 N–H and O–H groups in total. The summed E-state index contributed by atoms with van der Waals surface area (Å²) in [6.07, 6.45) is 3.49. The molecule has 0 aliphatic carbocycles. The highest BCUT2D eigenvalue weighted by atomic mass is 16.2. The summed E-state index contributed by atoms with van der Waals surface area (Å²) in [6, 6.07) is 0. The Morgan fingerprint density at radius 2 is 2.21 bits per heavy atom. The van der Waals surface area contributed by atoms with Crippen molar-refractivity contribution in [2.45, 2.75) is 19.4 Å². The van der Waals surface area contributed by atoms with Crippen LogP contribution in [-0.2, 0) is 11.8 Å². The lowest BCUT2D eigenvalue weighted by Gasteiger charge is -2.07. The fraction of sp³-hybridized carbons (Fsp3) is 0.444. The van der Waals surface area contributed by atoms with Crippen LogP contribution in [0.1, 0.15) is 19.7 Å². The minimum absolute atomic E-state index is 0.0875. The number of imidazole rings is 1. The van der Waals surface area contributed by atoms with Crippen molar-refractivity contribution in [3.63, 3.8) is 0 Å². The van der Waals surface area contributed by atoms with Crippen LogP contribution >= 0.6 is 0 Å². The second-order valence-electron chi connectivity index (χ2n) is 3.84. The van der Waals surface area contributed by atoms with Crippen LogP contribution in [0, 0.1) is 0 Å². The number of amidine groups is 1. The van der Waals surface area contributed by atoms with Crippen LogP contribution in [0.2, 0.25) is 0 Å². The molecule has 1 aliphatic heterocycles. The third kappa shape index (κ3) is 1.21. The number of carbonyl (C=O) groups excluding carboxylic acids is 1. The average molecular weight is 192 g/mol. The molecule has 1 amide bonds. The first-order chi connectivity index (χ1) is 6.50. The molecule has 2 rings (SSSR count). The molecule has 5 nitrogen and oxygen atoms in total. The summed E-state index contributed by atoms with van der Waals surface area (Å²) in [5.41, 5.74) is -0.679. The zero-order valence-electron chi connectivity index (χ0n) is 8.40. The van der Waals surface area contributed by atoms with Crippen molar-refractivity contribution in [1.82, 2.24) is 14.9 Å². The molecular weight excluding hydrogens is 180 g/mol. The molecule has 0 spiro atoms. The number of amides is 1. The maximum Gasteiger partial charge on any atom is 0.253 e. The van der Waals surface area contributed by atoms with E-state index < -0.39 is 5.54 Å². The van der Waals surface area contributed by atoms with Gasteiger partial charge in [-0.05, 0) is 13.8 Å². The summed E-state index contributed by atoms with van der Waals surface area (Å²) in [7, 11) is 1.86. The molecule has 0 bridgehead atoms. The summed E-state index contributed by atoms with van der Waals surface area (Å²) in [5.74, 6) is 1.15. The lowest BCUT2D eigenvalue weighted by atomic mass is 10.1. The molecule has 5 heteroatoms. The molecule has 1 aliphatic rings. The molecule has 14 heavy (non-hydrogen) atoms. The zero-order chi connectivity index (χ0) is 10.3. The number of aromatic nitrogens is 2. The Morgan fingerprint density at radius 3 is 2.64 bits per heavy atom. The van der Waals surface area contributed by atoms with Gasteiger partial charge in [0.15, 0.2) is 11.7 Å². The molecule has 0 radical (unpaired) electrons. The number of carbonyl (C=O) groups is 1. The Hall–Kier alpha value is -1.65. The van der Waals surface area contributed by atoms with Gasteiger partial charge in [-0.15, -0.1) is 0 Å². The lowest BCUT2D eigenvalue weighted by Crippen LogP contribution is -2.35.